The molecule has 19 nitrogen and oxygen atoms in total. The van der Waals surface area contributed by atoms with E-state index in [9.17, 15) is 49.8 Å². The number of amides is 5. The summed E-state index contributed by atoms with van der Waals surface area (Å²) in [5, 5.41) is 75.8. The molecule has 12 rings (SSSR count). The summed E-state index contributed by atoms with van der Waals surface area (Å²) < 4.78 is 5.69. The van der Waals surface area contributed by atoms with Gasteiger partial charge in [0.05, 0.1) is 42.5 Å². The Kier molecular flexibility index (Phi) is 33.6. The highest BCUT2D eigenvalue weighted by Gasteiger charge is 2.47. The molecule has 1 saturated carbocycles. The number of aromatic hydroxyl groups is 1. The third-order valence-electron chi connectivity index (χ3n) is 22.9. The van der Waals surface area contributed by atoms with Crippen LogP contribution in [-0.2, 0) is 48.4 Å². The standard InChI is InChI=1S/C34H37N3O3.C32H45N3O4S.C29H42N2O4/c1-24-10-8-15-27(18-24)22-36-30(20-25-11-4-2-5-12-25)32(38)33(39)31(21-26-13-6-3-7-14-26)37(34(36)40)23-28-16-9-17-29(35)19-28;1-21-25(15-10-16-28(21)36)30(38)33-26(20-40-24-13-6-5-7-14-24)29(37)19-35-18-23-12-9-8-11-22(23)17-27(35)31(39)34-32(2,3)4;1-22(17-24-9-5-3-6-10-24)27(32)19-30-20-28(33)23(2)18-25-11-13-26(14-12-25)35-21-29(34)31-15-7-4-8-16-31/h2-19,30-33,38-39H,20-23,35H2,1H3;5-7,10,13-16,22-23,26-27,29,36-37H,8-9,11-12,17-20H2,1-4H3,(H,33,38)(H,34,39);3,5-6,9-14,22-23,27-28,30,32-33H,4,7-8,15-21H2,1-2H3. The zero-order valence-electron chi connectivity index (χ0n) is 68.3. The van der Waals surface area contributed by atoms with Crippen molar-refractivity contribution in [3.63, 3.8) is 0 Å². The van der Waals surface area contributed by atoms with Crippen molar-refractivity contribution in [2.24, 2.45) is 23.7 Å². The number of thioether (sulfide) groups is 1. The van der Waals surface area contributed by atoms with Crippen LogP contribution in [0.15, 0.2) is 217 Å². The minimum absolute atomic E-state index is 0.0124. The third kappa shape index (κ3) is 27.0. The molecule has 3 aliphatic heterocycles. The molecule has 1 aliphatic carbocycles. The number of aliphatic hydroxyl groups excluding tert-OH is 5. The van der Waals surface area contributed by atoms with E-state index in [4.69, 9.17) is 10.5 Å². The number of aliphatic hydroxyl groups is 5. The molecule has 5 amide bonds. The van der Waals surface area contributed by atoms with Gasteiger partial charge in [0.1, 0.15) is 23.7 Å². The molecule has 3 saturated heterocycles. The van der Waals surface area contributed by atoms with Gasteiger partial charge in [0.2, 0.25) is 5.91 Å². The van der Waals surface area contributed by atoms with Crippen molar-refractivity contribution in [3.05, 3.63) is 262 Å². The van der Waals surface area contributed by atoms with Gasteiger partial charge in [-0.3, -0.25) is 19.3 Å². The van der Waals surface area contributed by atoms with Crippen LogP contribution in [-0.4, -0.2) is 186 Å². The van der Waals surface area contributed by atoms with E-state index in [0.29, 0.717) is 79.2 Å². The number of nitrogens with one attached hydrogen (secondary N) is 3. The van der Waals surface area contributed by atoms with Crippen molar-refractivity contribution >= 4 is 41.2 Å². The van der Waals surface area contributed by atoms with Gasteiger partial charge in [-0.2, -0.15) is 0 Å². The monoisotopic (exact) mass is 1580 g/mol. The van der Waals surface area contributed by atoms with Crippen LogP contribution in [0, 0.1) is 37.5 Å². The fourth-order valence-electron chi connectivity index (χ4n) is 16.3. The SMILES string of the molecule is CC(Cc1ccccc1)C(O)CNCC(O)C(C)Cc1ccc(OCC(=O)N2CCCCC2)cc1.Cc1c(O)cccc1C(=O)NC(CSc1ccccc1)C(O)CN1CC2CCCCC2CC1C(=O)NC(C)(C)C.Cc1cccc(CN2C(=O)N(Cc3cccc(N)c3)C(Cc3ccccc3)C(O)C(O)C2Cc2ccccc2)c1. The first-order chi connectivity index (χ1) is 55.3. The molecule has 0 radical (unpaired) electrons. The van der Waals surface area contributed by atoms with E-state index in [0.717, 1.165) is 103 Å². The number of hydrogen-bond donors (Lipinski definition) is 10. The molecule has 4 aliphatic rings. The minimum atomic E-state index is -1.17. The van der Waals surface area contributed by atoms with Crippen LogP contribution in [0.2, 0.25) is 0 Å². The Morgan fingerprint density at radius 3 is 1.66 bits per heavy atom. The van der Waals surface area contributed by atoms with E-state index in [1.165, 1.54) is 24.8 Å². The van der Waals surface area contributed by atoms with E-state index in [1.54, 1.807) is 46.7 Å². The number of phenolic OH excluding ortho intramolecular Hbond substituents is 1. The highest BCUT2D eigenvalue weighted by atomic mass is 32.2. The highest BCUT2D eigenvalue weighted by Crippen LogP contribution is 2.40. The Bertz CT molecular complexity index is 4180. The molecule has 13 unspecified atom stereocenters. The first kappa shape index (κ1) is 88.3. The number of carbonyl (C=O) groups excluding carboxylic acids is 4. The average Bonchev–Trinajstić information content (AvgIpc) is 1.12. The maximum absolute atomic E-state index is 14.6. The van der Waals surface area contributed by atoms with E-state index in [1.807, 2.05) is 215 Å². The Morgan fingerprint density at radius 1 is 0.591 bits per heavy atom. The molecule has 4 fully saturated rings. The first-order valence-corrected chi connectivity index (χ1v) is 42.3. The van der Waals surface area contributed by atoms with Crippen LogP contribution in [0.1, 0.15) is 141 Å². The number of nitrogen functional groups attached to an aromatic ring is 1. The van der Waals surface area contributed by atoms with Gasteiger partial charge in [0.25, 0.3) is 11.8 Å². The molecular weight excluding hydrogens is 1460 g/mol. The Hall–Kier alpha value is -9.09. The predicted molar refractivity (Wildman–Crippen MR) is 458 cm³/mol. The molecule has 13 atom stereocenters. The number of urea groups is 1. The van der Waals surface area contributed by atoms with Gasteiger partial charge >= 0.3 is 6.03 Å². The van der Waals surface area contributed by atoms with Crippen LogP contribution in [0.25, 0.3) is 0 Å². The fraction of sp³-hybridized carbons (Fsp3) is 0.453. The van der Waals surface area contributed by atoms with Gasteiger partial charge in [0.15, 0.2) is 6.61 Å². The number of β-amino-alcohol motifs (C(OH)–C–C–N with tert-alkyl or cyclic N) is 1. The zero-order chi connectivity index (χ0) is 82.0. The Morgan fingerprint density at radius 2 is 1.10 bits per heavy atom. The number of nitrogens with two attached hydrogens (primary N) is 1. The van der Waals surface area contributed by atoms with E-state index in [-0.39, 0.29) is 66.1 Å². The third-order valence-corrected chi connectivity index (χ3v) is 24.1. The first-order valence-electron chi connectivity index (χ1n) is 41.4. The summed E-state index contributed by atoms with van der Waals surface area (Å²) in [6.45, 7) is 18.1. The number of piperidine rings is 2. The van der Waals surface area contributed by atoms with Gasteiger partial charge in [-0.05, 0) is 198 Å². The maximum Gasteiger partial charge on any atom is 0.321 e. The molecule has 8 aromatic rings. The molecule has 0 bridgehead atoms. The Labute approximate surface area is 686 Å². The number of ether oxygens (including phenoxy) is 1. The van der Waals surface area contributed by atoms with Crippen molar-refractivity contribution < 1.29 is 54.6 Å². The summed E-state index contributed by atoms with van der Waals surface area (Å²) in [7, 11) is 0. The second kappa shape index (κ2) is 43.7. The number of fused-ring (bicyclic) bond motifs is 1. The van der Waals surface area contributed by atoms with Gasteiger partial charge in [-0.15, -0.1) is 11.8 Å². The molecule has 8 aromatic carbocycles. The molecule has 0 spiro atoms. The van der Waals surface area contributed by atoms with Gasteiger partial charge in [0, 0.05) is 85.4 Å². The molecule has 115 heavy (non-hydrogen) atoms. The van der Waals surface area contributed by atoms with Crippen LogP contribution in [0.3, 0.4) is 0 Å². The summed E-state index contributed by atoms with van der Waals surface area (Å²) in [4.78, 5) is 62.2. The lowest BCUT2D eigenvalue weighted by Crippen LogP contribution is -2.60. The molecule has 3 heterocycles. The summed E-state index contributed by atoms with van der Waals surface area (Å²) >= 11 is 1.57. The summed E-state index contributed by atoms with van der Waals surface area (Å²) in [5.41, 5.74) is 14.5. The van der Waals surface area contributed by atoms with Gasteiger partial charge in [-0.1, -0.05) is 202 Å². The Balaban J connectivity index is 0.000000183. The molecule has 20 heteroatoms. The molecule has 11 N–H and O–H groups in total. The summed E-state index contributed by atoms with van der Waals surface area (Å²) in [6, 6.07) is 65.5. The fourth-order valence-corrected chi connectivity index (χ4v) is 17.3. The number of anilines is 1. The average molecular weight is 1590 g/mol. The smallest absolute Gasteiger partial charge is 0.321 e. The van der Waals surface area contributed by atoms with Gasteiger partial charge in [-0.25, -0.2) is 4.79 Å². The van der Waals surface area contributed by atoms with Crippen molar-refractivity contribution in [2.75, 3.05) is 57.4 Å². The van der Waals surface area contributed by atoms with Crippen LogP contribution in [0.4, 0.5) is 10.5 Å². The number of benzene rings is 8. The highest BCUT2D eigenvalue weighted by molar-refractivity contribution is 7.99. The molecular formula is C95H124N8O11S. The second-order valence-electron chi connectivity index (χ2n) is 33.3. The summed E-state index contributed by atoms with van der Waals surface area (Å²) in [5.74, 6) is 2.21. The number of phenols is 1. The number of nitrogens with zero attached hydrogens (tertiary/aromatic N) is 4. The predicted octanol–water partition coefficient (Wildman–Crippen LogP) is 13.2. The van der Waals surface area contributed by atoms with Crippen LogP contribution >= 0.6 is 11.8 Å². The van der Waals surface area contributed by atoms with E-state index in [2.05, 4.69) is 46.0 Å². The quantitative estimate of drug-likeness (QED) is 0.0148. The number of hydrogen-bond acceptors (Lipinski definition) is 15. The lowest BCUT2D eigenvalue weighted by molar-refractivity contribution is -0.134. The zero-order valence-corrected chi connectivity index (χ0v) is 69.1. The molecule has 616 valence electrons. The maximum atomic E-state index is 14.6. The number of likely N-dealkylation sites (tertiary alicyclic amines) is 2. The topological polar surface area (TPSA) is 274 Å². The van der Waals surface area contributed by atoms with E-state index < -0.39 is 48.6 Å². The largest absolute Gasteiger partial charge is 0.508 e. The van der Waals surface area contributed by atoms with Crippen LogP contribution < -0.4 is 26.4 Å². The normalized spacial score (nSPS) is 20.7. The number of rotatable bonds is 30. The van der Waals surface area contributed by atoms with E-state index >= 15 is 0 Å². The van der Waals surface area contributed by atoms with Crippen molar-refractivity contribution in [1.29, 1.82) is 0 Å². The minimum Gasteiger partial charge on any atom is -0.508 e. The summed E-state index contributed by atoms with van der Waals surface area (Å²) in [6.07, 6.45) is 7.12. The van der Waals surface area contributed by atoms with Crippen molar-refractivity contribution in [1.82, 2.24) is 35.6 Å². The van der Waals surface area contributed by atoms with Gasteiger partial charge < -0.3 is 71.8 Å². The molecule has 0 aromatic heterocycles. The lowest BCUT2D eigenvalue weighted by atomic mass is 9.72. The number of aryl methyl sites for hydroxylation is 1. The second-order valence-corrected chi connectivity index (χ2v) is 34.3. The van der Waals surface area contributed by atoms with Crippen LogP contribution in [0.5, 0.6) is 11.5 Å². The number of carbonyl (C=O) groups is 4. The lowest BCUT2D eigenvalue weighted by Gasteiger charge is -2.47. The van der Waals surface area contributed by atoms with Crippen molar-refractivity contribution in [3.8, 4) is 11.5 Å². The van der Waals surface area contributed by atoms with Crippen molar-refractivity contribution in [2.45, 2.75) is 204 Å².